The summed E-state index contributed by atoms with van der Waals surface area (Å²) < 4.78 is 11.4. The van der Waals surface area contributed by atoms with Crippen LogP contribution in [0.4, 0.5) is 11.4 Å². The van der Waals surface area contributed by atoms with Crippen LogP contribution < -0.4 is 15.5 Å². The van der Waals surface area contributed by atoms with Gasteiger partial charge in [-0.05, 0) is 60.7 Å². The maximum Gasteiger partial charge on any atom is 0.338 e. The van der Waals surface area contributed by atoms with Gasteiger partial charge in [0.2, 0.25) is 5.91 Å². The maximum absolute atomic E-state index is 12.4. The quantitative estimate of drug-likeness (QED) is 0.189. The molecule has 1 aliphatic heterocycles. The lowest BCUT2D eigenvalue weighted by Gasteiger charge is -2.26. The molecule has 2 atom stereocenters. The second-order valence-electron chi connectivity index (χ2n) is 9.54. The Morgan fingerprint density at radius 2 is 1.88 bits per heavy atom. The average molecular weight is 575 g/mol. The van der Waals surface area contributed by atoms with Crippen molar-refractivity contribution in [3.8, 4) is 11.3 Å². The first kappa shape index (κ1) is 27.4. The molecule has 1 amide bonds. The first-order valence-corrected chi connectivity index (χ1v) is 13.5. The van der Waals surface area contributed by atoms with E-state index >= 15 is 0 Å². The zero-order valence-corrected chi connectivity index (χ0v) is 23.6. The fourth-order valence-corrected chi connectivity index (χ4v) is 5.16. The van der Waals surface area contributed by atoms with Crippen LogP contribution in [0.25, 0.3) is 11.3 Å². The van der Waals surface area contributed by atoms with Crippen LogP contribution in [0.3, 0.4) is 0 Å². The van der Waals surface area contributed by atoms with E-state index in [9.17, 15) is 9.59 Å². The Balaban J connectivity index is 1.57. The molecule has 1 saturated heterocycles. The van der Waals surface area contributed by atoms with E-state index in [1.807, 2.05) is 67.3 Å². The van der Waals surface area contributed by atoms with Crippen molar-refractivity contribution in [1.29, 1.82) is 0 Å². The fraction of sp³-hybridized carbons (Fsp3) is 0.200. The lowest BCUT2D eigenvalue weighted by molar-refractivity contribution is -0.118. The number of hydrogen-bond acceptors (Lipinski definition) is 6. The number of esters is 1. The van der Waals surface area contributed by atoms with E-state index in [4.69, 9.17) is 33.0 Å². The van der Waals surface area contributed by atoms with E-state index in [1.54, 1.807) is 30.5 Å². The van der Waals surface area contributed by atoms with Crippen molar-refractivity contribution in [2.75, 3.05) is 17.3 Å². The molecule has 0 radical (unpaired) electrons. The summed E-state index contributed by atoms with van der Waals surface area (Å²) in [4.78, 5) is 31.1. The number of halogens is 1. The number of ether oxygens (including phenoxy) is 1. The number of rotatable bonds is 7. The number of anilines is 2. The number of thiocarbonyl (C=S) groups is 1. The molecule has 0 unspecified atom stereocenters. The average Bonchev–Trinajstić information content (AvgIpc) is 3.58. The van der Waals surface area contributed by atoms with E-state index in [2.05, 4.69) is 15.6 Å². The Morgan fingerprint density at radius 3 is 2.58 bits per heavy atom. The van der Waals surface area contributed by atoms with Gasteiger partial charge in [-0.25, -0.2) is 4.79 Å². The van der Waals surface area contributed by atoms with Gasteiger partial charge in [0.05, 0.1) is 35.1 Å². The molecule has 40 heavy (non-hydrogen) atoms. The highest BCUT2D eigenvalue weighted by atomic mass is 35.5. The van der Waals surface area contributed by atoms with Crippen LogP contribution in [-0.2, 0) is 9.53 Å². The fourth-order valence-electron chi connectivity index (χ4n) is 4.60. The highest BCUT2D eigenvalue weighted by molar-refractivity contribution is 7.80. The number of carbonyl (C=O) groups excluding carboxylic acids is 2. The Morgan fingerprint density at radius 1 is 1.10 bits per heavy atom. The van der Waals surface area contributed by atoms with Crippen molar-refractivity contribution in [2.45, 2.75) is 25.9 Å². The number of hydrogen-bond donors (Lipinski definition) is 2. The van der Waals surface area contributed by atoms with Gasteiger partial charge < -0.3 is 24.7 Å². The molecule has 3 heterocycles. The normalized spacial score (nSPS) is 16.6. The molecule has 0 saturated carbocycles. The van der Waals surface area contributed by atoms with Crippen molar-refractivity contribution in [2.24, 2.45) is 5.92 Å². The number of amides is 1. The minimum Gasteiger partial charge on any atom is -0.465 e. The third-order valence-electron chi connectivity index (χ3n) is 6.63. The monoisotopic (exact) mass is 574 g/mol. The summed E-state index contributed by atoms with van der Waals surface area (Å²) in [7, 11) is 1.35. The van der Waals surface area contributed by atoms with E-state index in [-0.39, 0.29) is 17.9 Å². The summed E-state index contributed by atoms with van der Waals surface area (Å²) in [6.07, 6.45) is 1.73. The maximum atomic E-state index is 12.4. The number of nitrogens with one attached hydrogen (secondary N) is 2. The summed E-state index contributed by atoms with van der Waals surface area (Å²) in [6, 6.07) is 21.1. The second-order valence-corrected chi connectivity index (χ2v) is 10.3. The number of methoxy groups -OCH3 is 1. The van der Waals surface area contributed by atoms with Crippen LogP contribution >= 0.6 is 23.8 Å². The Hall–Kier alpha value is -4.21. The Labute approximate surface area is 242 Å². The number of aromatic nitrogens is 1. The molecule has 4 aromatic rings. The van der Waals surface area contributed by atoms with Crippen LogP contribution in [0.2, 0.25) is 5.02 Å². The van der Waals surface area contributed by atoms with Gasteiger partial charge in [-0.1, -0.05) is 49.7 Å². The van der Waals surface area contributed by atoms with Gasteiger partial charge in [-0.15, -0.1) is 0 Å². The van der Waals surface area contributed by atoms with E-state index in [1.165, 1.54) is 7.11 Å². The summed E-state index contributed by atoms with van der Waals surface area (Å²) >= 11 is 12.4. The van der Waals surface area contributed by atoms with E-state index < -0.39 is 12.0 Å². The first-order valence-electron chi connectivity index (χ1n) is 12.7. The Bertz CT molecular complexity index is 1570. The number of nitrogens with zero attached hydrogens (tertiary/aromatic N) is 2. The van der Waals surface area contributed by atoms with Crippen molar-refractivity contribution in [1.82, 2.24) is 10.3 Å². The standard InChI is InChI=1S/C30H27ClN4O4S/c1-17(2)28(36)33-22-12-11-18(16-21(22)31)35-27(26(34-30(35)40)23-10-6-7-15-32-23)25-14-13-24(39-25)19-8-4-5-9-20(19)29(37)38-3/h4-17,26-27H,1-3H3,(H,33,36)(H,34,40)/t26-,27-/m0/s1. The minimum atomic E-state index is -0.454. The second kappa shape index (κ2) is 11.5. The third-order valence-corrected chi connectivity index (χ3v) is 7.25. The largest absolute Gasteiger partial charge is 0.465 e. The van der Waals surface area contributed by atoms with Gasteiger partial charge >= 0.3 is 5.97 Å². The van der Waals surface area contributed by atoms with Crippen LogP contribution in [0.15, 0.2) is 83.4 Å². The summed E-state index contributed by atoms with van der Waals surface area (Å²) in [5.41, 5.74) is 3.01. The molecule has 0 aliphatic carbocycles. The molecule has 204 valence electrons. The molecule has 2 aromatic heterocycles. The van der Waals surface area contributed by atoms with Crippen molar-refractivity contribution in [3.63, 3.8) is 0 Å². The Kier molecular flexibility index (Phi) is 7.86. The van der Waals surface area contributed by atoms with Crippen LogP contribution in [-0.4, -0.2) is 29.1 Å². The lowest BCUT2D eigenvalue weighted by Crippen LogP contribution is -2.29. The van der Waals surface area contributed by atoms with Gasteiger partial charge in [0, 0.05) is 23.4 Å². The van der Waals surface area contributed by atoms with E-state index in [0.29, 0.717) is 44.2 Å². The van der Waals surface area contributed by atoms with Gasteiger partial charge in [0.25, 0.3) is 0 Å². The molecular formula is C30H27ClN4O4S. The zero-order valence-electron chi connectivity index (χ0n) is 22.1. The molecule has 5 rings (SSSR count). The van der Waals surface area contributed by atoms with Crippen molar-refractivity contribution in [3.05, 3.63) is 101 Å². The highest BCUT2D eigenvalue weighted by Gasteiger charge is 2.43. The molecule has 0 spiro atoms. The number of pyridine rings is 1. The predicted octanol–water partition coefficient (Wildman–Crippen LogP) is 6.55. The van der Waals surface area contributed by atoms with Crippen LogP contribution in [0, 0.1) is 5.92 Å². The SMILES string of the molecule is COC(=O)c1ccccc1-c1ccc([C@H]2[C@H](c3ccccn3)NC(=S)N2c2ccc(NC(=O)C(C)C)c(Cl)c2)o1. The highest BCUT2D eigenvalue weighted by Crippen LogP contribution is 2.44. The molecule has 8 nitrogen and oxygen atoms in total. The van der Waals surface area contributed by atoms with Crippen LogP contribution in [0.1, 0.15) is 47.7 Å². The van der Waals surface area contributed by atoms with Gasteiger partial charge in [-0.3, -0.25) is 9.78 Å². The van der Waals surface area contributed by atoms with Gasteiger partial charge in [-0.2, -0.15) is 0 Å². The number of benzene rings is 2. The molecule has 10 heteroatoms. The zero-order chi connectivity index (χ0) is 28.4. The summed E-state index contributed by atoms with van der Waals surface area (Å²) in [6.45, 7) is 3.63. The van der Waals surface area contributed by atoms with Gasteiger partial charge in [0.15, 0.2) is 5.11 Å². The first-order chi connectivity index (χ1) is 19.3. The van der Waals surface area contributed by atoms with Crippen molar-refractivity contribution >= 4 is 52.2 Å². The molecule has 1 fully saturated rings. The minimum absolute atomic E-state index is 0.128. The van der Waals surface area contributed by atoms with E-state index in [0.717, 1.165) is 5.69 Å². The topological polar surface area (TPSA) is 96.7 Å². The molecule has 1 aliphatic rings. The summed E-state index contributed by atoms with van der Waals surface area (Å²) in [5.74, 6) is 0.345. The number of carbonyl (C=O) groups is 2. The van der Waals surface area contributed by atoms with Crippen molar-refractivity contribution < 1.29 is 18.7 Å². The third kappa shape index (κ3) is 5.30. The smallest absolute Gasteiger partial charge is 0.338 e. The molecule has 2 N–H and O–H groups in total. The van der Waals surface area contributed by atoms with Crippen LogP contribution in [0.5, 0.6) is 0 Å². The molecule has 2 aromatic carbocycles. The lowest BCUT2D eigenvalue weighted by atomic mass is 10.0. The molecule has 0 bridgehead atoms. The number of furan rings is 1. The van der Waals surface area contributed by atoms with Gasteiger partial charge in [0.1, 0.15) is 17.6 Å². The molecular weight excluding hydrogens is 548 g/mol. The summed E-state index contributed by atoms with van der Waals surface area (Å²) in [5, 5.41) is 7.07. The predicted molar refractivity (Wildman–Crippen MR) is 158 cm³/mol.